The maximum atomic E-state index is 13.1. The van der Waals surface area contributed by atoms with Crippen molar-refractivity contribution in [3.63, 3.8) is 0 Å². The van der Waals surface area contributed by atoms with Gasteiger partial charge in [0.05, 0.1) is 17.2 Å². The quantitative estimate of drug-likeness (QED) is 0.636. The predicted molar refractivity (Wildman–Crippen MR) is 101 cm³/mol. The number of thiocarbonyl (C=S) groups is 1. The molecule has 1 aliphatic heterocycles. The molecule has 0 aromatic heterocycles. The first-order valence-electron chi connectivity index (χ1n) is 7.49. The fraction of sp³-hybridized carbons (Fsp3) is 0.111. The smallest absolute Gasteiger partial charge is 0.270 e. The van der Waals surface area contributed by atoms with Crippen molar-refractivity contribution >= 4 is 46.0 Å². The fourth-order valence-electron chi connectivity index (χ4n) is 2.32. The van der Waals surface area contributed by atoms with Crippen LogP contribution < -0.4 is 9.64 Å². The van der Waals surface area contributed by atoms with E-state index in [1.54, 1.807) is 18.2 Å². The summed E-state index contributed by atoms with van der Waals surface area (Å²) in [5.41, 5.74) is 1.23. The van der Waals surface area contributed by atoms with E-state index < -0.39 is 0 Å². The van der Waals surface area contributed by atoms with Crippen molar-refractivity contribution in [2.24, 2.45) is 0 Å². The summed E-state index contributed by atoms with van der Waals surface area (Å²) in [7, 11) is 0. The topological polar surface area (TPSA) is 49.8 Å². The lowest BCUT2D eigenvalue weighted by atomic mass is 10.2. The zero-order valence-corrected chi connectivity index (χ0v) is 14.9. The molecule has 7 heteroatoms. The number of aromatic hydroxyl groups is 1. The summed E-state index contributed by atoms with van der Waals surface area (Å²) in [6.45, 7) is 2.24. The molecule has 0 bridgehead atoms. The number of benzene rings is 2. The molecule has 1 N–H and O–H groups in total. The summed E-state index contributed by atoms with van der Waals surface area (Å²) < 4.78 is 18.8. The molecular weight excluding hydrogens is 361 g/mol. The van der Waals surface area contributed by atoms with E-state index in [4.69, 9.17) is 17.0 Å². The number of carbonyl (C=O) groups is 1. The highest BCUT2D eigenvalue weighted by molar-refractivity contribution is 8.27. The third kappa shape index (κ3) is 3.67. The van der Waals surface area contributed by atoms with Crippen LogP contribution in [0.15, 0.2) is 47.4 Å². The molecule has 2 aromatic rings. The number of thioether (sulfide) groups is 1. The van der Waals surface area contributed by atoms with Crippen LogP contribution in [0.25, 0.3) is 6.08 Å². The molecule has 0 atom stereocenters. The molecule has 1 saturated heterocycles. The van der Waals surface area contributed by atoms with Crippen LogP contribution in [0.4, 0.5) is 10.1 Å². The van der Waals surface area contributed by atoms with Gasteiger partial charge in [0, 0.05) is 0 Å². The zero-order valence-electron chi connectivity index (χ0n) is 13.2. The van der Waals surface area contributed by atoms with Gasteiger partial charge in [-0.3, -0.25) is 9.69 Å². The van der Waals surface area contributed by atoms with Crippen LogP contribution in [0.1, 0.15) is 12.5 Å². The van der Waals surface area contributed by atoms with Crippen molar-refractivity contribution in [2.45, 2.75) is 6.92 Å². The molecule has 25 heavy (non-hydrogen) atoms. The number of amides is 1. The SMILES string of the molecule is CCOc1cc(C=C2SC(=S)N(c3ccc(F)cc3)C2=O)ccc1O. The third-order valence-corrected chi connectivity index (χ3v) is 4.76. The molecule has 1 fully saturated rings. The van der Waals surface area contributed by atoms with Gasteiger partial charge in [-0.2, -0.15) is 0 Å². The number of anilines is 1. The maximum Gasteiger partial charge on any atom is 0.270 e. The highest BCUT2D eigenvalue weighted by atomic mass is 32.2. The van der Waals surface area contributed by atoms with E-state index in [0.717, 1.165) is 0 Å². The predicted octanol–water partition coefficient (Wildman–Crippen LogP) is 4.34. The van der Waals surface area contributed by atoms with E-state index in [1.807, 2.05) is 6.92 Å². The number of halogens is 1. The van der Waals surface area contributed by atoms with Crippen LogP contribution in [0, 0.1) is 5.82 Å². The Balaban J connectivity index is 1.90. The van der Waals surface area contributed by atoms with Crippen molar-refractivity contribution in [2.75, 3.05) is 11.5 Å². The van der Waals surface area contributed by atoms with Gasteiger partial charge >= 0.3 is 0 Å². The minimum atomic E-state index is -0.378. The van der Waals surface area contributed by atoms with Crippen LogP contribution in [-0.4, -0.2) is 21.9 Å². The minimum Gasteiger partial charge on any atom is -0.504 e. The average Bonchev–Trinajstić information content (AvgIpc) is 2.86. The molecule has 1 aliphatic rings. The maximum absolute atomic E-state index is 13.1. The van der Waals surface area contributed by atoms with E-state index in [-0.39, 0.29) is 17.5 Å². The van der Waals surface area contributed by atoms with Gasteiger partial charge in [-0.25, -0.2) is 4.39 Å². The van der Waals surface area contributed by atoms with Crippen molar-refractivity contribution in [3.8, 4) is 11.5 Å². The summed E-state index contributed by atoms with van der Waals surface area (Å²) in [6, 6.07) is 10.4. The normalized spacial score (nSPS) is 15.9. The summed E-state index contributed by atoms with van der Waals surface area (Å²) >= 11 is 6.45. The van der Waals surface area contributed by atoms with Crippen molar-refractivity contribution in [1.82, 2.24) is 0 Å². The van der Waals surface area contributed by atoms with Crippen molar-refractivity contribution < 1.29 is 19.0 Å². The second-order valence-electron chi connectivity index (χ2n) is 5.15. The largest absolute Gasteiger partial charge is 0.504 e. The van der Waals surface area contributed by atoms with E-state index in [0.29, 0.717) is 32.8 Å². The van der Waals surface area contributed by atoms with Crippen molar-refractivity contribution in [1.29, 1.82) is 0 Å². The molecule has 1 heterocycles. The molecule has 1 amide bonds. The Kier molecular flexibility index (Phi) is 5.06. The van der Waals surface area contributed by atoms with E-state index in [2.05, 4.69) is 0 Å². The monoisotopic (exact) mass is 375 g/mol. The number of carbonyl (C=O) groups excluding carboxylic acids is 1. The van der Waals surface area contributed by atoms with Crippen LogP contribution in [0.5, 0.6) is 11.5 Å². The molecule has 2 aromatic carbocycles. The van der Waals surface area contributed by atoms with Crippen LogP contribution in [0.2, 0.25) is 0 Å². The Bertz CT molecular complexity index is 865. The number of phenolic OH excluding ortho intramolecular Hbond substituents is 1. The molecule has 128 valence electrons. The lowest BCUT2D eigenvalue weighted by Gasteiger charge is -2.14. The molecular formula is C18H14FNO3S2. The molecule has 0 saturated carbocycles. The van der Waals surface area contributed by atoms with E-state index in [9.17, 15) is 14.3 Å². The van der Waals surface area contributed by atoms with Gasteiger partial charge in [-0.1, -0.05) is 30.0 Å². The first kappa shape index (κ1) is 17.4. The highest BCUT2D eigenvalue weighted by Crippen LogP contribution is 2.37. The minimum absolute atomic E-state index is 0.0397. The summed E-state index contributed by atoms with van der Waals surface area (Å²) in [5.74, 6) is -0.256. The highest BCUT2D eigenvalue weighted by Gasteiger charge is 2.33. The summed E-state index contributed by atoms with van der Waals surface area (Å²) in [6.07, 6.45) is 1.69. The molecule has 0 spiro atoms. The first-order chi connectivity index (χ1) is 12.0. The Morgan fingerprint density at radius 3 is 2.68 bits per heavy atom. The lowest BCUT2D eigenvalue weighted by Crippen LogP contribution is -2.27. The second-order valence-corrected chi connectivity index (χ2v) is 6.83. The number of hydrogen-bond donors (Lipinski definition) is 1. The van der Waals surface area contributed by atoms with E-state index >= 15 is 0 Å². The Hall–Kier alpha value is -2.38. The number of phenols is 1. The van der Waals surface area contributed by atoms with Gasteiger partial charge in [-0.15, -0.1) is 0 Å². The van der Waals surface area contributed by atoms with Crippen LogP contribution in [0.3, 0.4) is 0 Å². The molecule has 4 nitrogen and oxygen atoms in total. The first-order valence-corrected chi connectivity index (χ1v) is 8.71. The molecule has 0 unspecified atom stereocenters. The van der Waals surface area contributed by atoms with Crippen LogP contribution >= 0.6 is 24.0 Å². The Morgan fingerprint density at radius 1 is 1.28 bits per heavy atom. The number of hydrogen-bond acceptors (Lipinski definition) is 5. The molecule has 0 aliphatic carbocycles. The average molecular weight is 375 g/mol. The van der Waals surface area contributed by atoms with Crippen LogP contribution in [-0.2, 0) is 4.79 Å². The second kappa shape index (κ2) is 7.25. The van der Waals surface area contributed by atoms with E-state index in [1.165, 1.54) is 47.0 Å². The zero-order chi connectivity index (χ0) is 18.0. The number of rotatable bonds is 4. The van der Waals surface area contributed by atoms with Gasteiger partial charge in [0.2, 0.25) is 0 Å². The summed E-state index contributed by atoms with van der Waals surface area (Å²) in [5, 5.41) is 9.76. The molecule has 0 radical (unpaired) electrons. The fourth-order valence-corrected chi connectivity index (χ4v) is 3.62. The number of ether oxygens (including phenoxy) is 1. The van der Waals surface area contributed by atoms with Gasteiger partial charge in [0.15, 0.2) is 15.8 Å². The standard InChI is InChI=1S/C18H14FNO3S2/c1-2-23-15-9-11(3-8-14(15)21)10-16-17(22)20(18(24)25-16)13-6-4-12(19)5-7-13/h3-10,21H,2H2,1H3. The van der Waals surface area contributed by atoms with Gasteiger partial charge in [0.1, 0.15) is 5.82 Å². The molecule has 3 rings (SSSR count). The number of nitrogens with zero attached hydrogens (tertiary/aromatic N) is 1. The third-order valence-electron chi connectivity index (χ3n) is 3.46. The van der Waals surface area contributed by atoms with Crippen molar-refractivity contribution in [3.05, 3.63) is 58.8 Å². The van der Waals surface area contributed by atoms with Gasteiger partial charge in [-0.05, 0) is 55.0 Å². The van der Waals surface area contributed by atoms with Gasteiger partial charge < -0.3 is 9.84 Å². The van der Waals surface area contributed by atoms with Gasteiger partial charge in [0.25, 0.3) is 5.91 Å². The summed E-state index contributed by atoms with van der Waals surface area (Å²) in [4.78, 5) is 14.5. The Labute approximate surface area is 153 Å². The Morgan fingerprint density at radius 2 is 2.00 bits per heavy atom. The lowest BCUT2D eigenvalue weighted by molar-refractivity contribution is -0.113.